The molecule has 1 aromatic heterocycles. The van der Waals surface area contributed by atoms with Crippen LogP contribution in [0.1, 0.15) is 0 Å². The Morgan fingerprint density at radius 3 is 2.72 bits per heavy atom. The van der Waals surface area contributed by atoms with Crippen LogP contribution in [0.2, 0.25) is 0 Å². The SMILES string of the molecule is O=C(Oc1cc2cccnc2cc1O)C(F)(F)F. The number of nitrogens with zero attached hydrogens (tertiary/aromatic N) is 1. The molecule has 0 amide bonds. The minimum Gasteiger partial charge on any atom is -0.504 e. The van der Waals surface area contributed by atoms with Gasteiger partial charge in [-0.1, -0.05) is 6.07 Å². The highest BCUT2D eigenvalue weighted by Gasteiger charge is 2.41. The van der Waals surface area contributed by atoms with Crippen LogP contribution in [0.15, 0.2) is 30.5 Å². The minimum atomic E-state index is -5.11. The highest BCUT2D eigenvalue weighted by atomic mass is 19.4. The zero-order valence-electron chi connectivity index (χ0n) is 8.73. The summed E-state index contributed by atoms with van der Waals surface area (Å²) in [4.78, 5) is 14.5. The van der Waals surface area contributed by atoms with E-state index in [4.69, 9.17) is 0 Å². The van der Waals surface area contributed by atoms with Gasteiger partial charge in [-0.25, -0.2) is 4.79 Å². The third-order valence-corrected chi connectivity index (χ3v) is 2.12. The Kier molecular flexibility index (Phi) is 2.82. The summed E-state index contributed by atoms with van der Waals surface area (Å²) in [6, 6.07) is 5.36. The second-order valence-electron chi connectivity index (χ2n) is 3.40. The van der Waals surface area contributed by atoms with E-state index >= 15 is 0 Å². The highest BCUT2D eigenvalue weighted by Crippen LogP contribution is 2.32. The number of phenols is 1. The molecule has 7 heteroatoms. The summed E-state index contributed by atoms with van der Waals surface area (Å²) in [6.07, 6.45) is -3.65. The Bertz CT molecular complexity index is 610. The first-order valence-electron chi connectivity index (χ1n) is 4.74. The number of phenolic OH excluding ortho intramolecular Hbond substituents is 1. The Labute approximate surface area is 98.6 Å². The van der Waals surface area contributed by atoms with E-state index in [1.165, 1.54) is 6.20 Å². The zero-order valence-corrected chi connectivity index (χ0v) is 8.73. The number of rotatable bonds is 1. The fourth-order valence-electron chi connectivity index (χ4n) is 1.33. The van der Waals surface area contributed by atoms with Crippen molar-refractivity contribution >= 4 is 16.9 Å². The van der Waals surface area contributed by atoms with Gasteiger partial charge in [0.15, 0.2) is 11.5 Å². The molecule has 0 bridgehead atoms. The average Bonchev–Trinajstić information content (AvgIpc) is 2.28. The van der Waals surface area contributed by atoms with Crippen LogP contribution in [0.5, 0.6) is 11.5 Å². The van der Waals surface area contributed by atoms with Gasteiger partial charge in [0.2, 0.25) is 0 Å². The van der Waals surface area contributed by atoms with Gasteiger partial charge in [-0.05, 0) is 12.1 Å². The Morgan fingerprint density at radius 2 is 2.06 bits per heavy atom. The second kappa shape index (κ2) is 4.17. The summed E-state index contributed by atoms with van der Waals surface area (Å²) in [5.41, 5.74) is 0.377. The second-order valence-corrected chi connectivity index (χ2v) is 3.40. The van der Waals surface area contributed by atoms with E-state index < -0.39 is 23.6 Å². The van der Waals surface area contributed by atoms with Crippen molar-refractivity contribution in [2.24, 2.45) is 0 Å². The van der Waals surface area contributed by atoms with Gasteiger partial charge in [-0.2, -0.15) is 13.2 Å². The van der Waals surface area contributed by atoms with Crippen LogP contribution in [-0.2, 0) is 4.79 Å². The lowest BCUT2D eigenvalue weighted by Gasteiger charge is -2.09. The number of hydrogen-bond donors (Lipinski definition) is 1. The molecule has 1 heterocycles. The van der Waals surface area contributed by atoms with Crippen molar-refractivity contribution in [3.05, 3.63) is 30.5 Å². The number of aromatic hydroxyl groups is 1. The van der Waals surface area contributed by atoms with Gasteiger partial charge in [0.1, 0.15) is 0 Å². The Morgan fingerprint density at radius 1 is 1.33 bits per heavy atom. The molecule has 0 fully saturated rings. The van der Waals surface area contributed by atoms with Crippen LogP contribution in [0.4, 0.5) is 13.2 Å². The molecule has 0 aliphatic heterocycles. The summed E-state index contributed by atoms with van der Waals surface area (Å²) < 4.78 is 40.1. The van der Waals surface area contributed by atoms with Crippen molar-refractivity contribution in [1.29, 1.82) is 0 Å². The lowest BCUT2D eigenvalue weighted by Crippen LogP contribution is -2.27. The molecule has 0 aliphatic rings. The first-order chi connectivity index (χ1) is 8.38. The van der Waals surface area contributed by atoms with Gasteiger partial charge in [0.25, 0.3) is 0 Å². The van der Waals surface area contributed by atoms with Crippen LogP contribution < -0.4 is 4.74 Å². The molecule has 0 atom stereocenters. The molecule has 4 nitrogen and oxygen atoms in total. The molecule has 0 spiro atoms. The molecular weight excluding hydrogens is 251 g/mol. The number of aromatic nitrogens is 1. The van der Waals surface area contributed by atoms with Crippen LogP contribution in [-0.4, -0.2) is 22.2 Å². The van der Waals surface area contributed by atoms with Gasteiger partial charge >= 0.3 is 12.1 Å². The monoisotopic (exact) mass is 257 g/mol. The number of benzene rings is 1. The number of carbonyl (C=O) groups excluding carboxylic acids is 1. The molecule has 0 unspecified atom stereocenters. The highest BCUT2D eigenvalue weighted by molar-refractivity contribution is 5.85. The van der Waals surface area contributed by atoms with Crippen molar-refractivity contribution in [3.8, 4) is 11.5 Å². The average molecular weight is 257 g/mol. The molecule has 0 saturated heterocycles. The maximum absolute atomic E-state index is 12.0. The molecule has 0 aliphatic carbocycles. The number of hydrogen-bond acceptors (Lipinski definition) is 4. The van der Waals surface area contributed by atoms with E-state index in [9.17, 15) is 23.1 Å². The zero-order chi connectivity index (χ0) is 13.3. The lowest BCUT2D eigenvalue weighted by atomic mass is 10.2. The fourth-order valence-corrected chi connectivity index (χ4v) is 1.33. The number of pyridine rings is 1. The van der Waals surface area contributed by atoms with Crippen molar-refractivity contribution in [1.82, 2.24) is 4.98 Å². The van der Waals surface area contributed by atoms with Crippen molar-refractivity contribution < 1.29 is 27.8 Å². The first kappa shape index (κ1) is 12.2. The number of carbonyl (C=O) groups is 1. The maximum atomic E-state index is 12.0. The number of esters is 1. The van der Waals surface area contributed by atoms with Crippen molar-refractivity contribution in [2.45, 2.75) is 6.18 Å². The third kappa shape index (κ3) is 2.34. The van der Waals surface area contributed by atoms with Crippen molar-refractivity contribution in [3.63, 3.8) is 0 Å². The van der Waals surface area contributed by atoms with Crippen LogP contribution in [0.25, 0.3) is 10.9 Å². The predicted molar refractivity (Wildman–Crippen MR) is 55.1 cm³/mol. The number of ether oxygens (including phenoxy) is 1. The smallest absolute Gasteiger partial charge is 0.491 e. The number of halogens is 3. The van der Waals surface area contributed by atoms with Crippen LogP contribution in [0, 0.1) is 0 Å². The quantitative estimate of drug-likeness (QED) is 0.629. The fraction of sp³-hybridized carbons (Fsp3) is 0.0909. The Hall–Kier alpha value is -2.31. The van der Waals surface area contributed by atoms with E-state index in [0.717, 1.165) is 12.1 Å². The maximum Gasteiger partial charge on any atom is 0.491 e. The molecular formula is C11H6F3NO3. The summed E-state index contributed by atoms with van der Waals surface area (Å²) in [5.74, 6) is -3.53. The van der Waals surface area contributed by atoms with E-state index in [2.05, 4.69) is 9.72 Å². The molecule has 2 aromatic rings. The third-order valence-electron chi connectivity index (χ3n) is 2.12. The molecule has 18 heavy (non-hydrogen) atoms. The molecule has 2 rings (SSSR count). The summed E-state index contributed by atoms with van der Waals surface area (Å²) >= 11 is 0. The van der Waals surface area contributed by atoms with Gasteiger partial charge in [-0.15, -0.1) is 0 Å². The molecule has 94 valence electrons. The van der Waals surface area contributed by atoms with Crippen LogP contribution in [0.3, 0.4) is 0 Å². The topological polar surface area (TPSA) is 59.4 Å². The van der Waals surface area contributed by atoms with E-state index in [1.807, 2.05) is 0 Å². The number of alkyl halides is 3. The molecule has 1 N–H and O–H groups in total. The van der Waals surface area contributed by atoms with Crippen LogP contribution >= 0.6 is 0 Å². The van der Waals surface area contributed by atoms with E-state index in [1.54, 1.807) is 12.1 Å². The largest absolute Gasteiger partial charge is 0.504 e. The van der Waals surface area contributed by atoms with Crippen molar-refractivity contribution in [2.75, 3.05) is 0 Å². The summed E-state index contributed by atoms with van der Waals surface area (Å²) in [6.45, 7) is 0. The standard InChI is InChI=1S/C11H6F3NO3/c12-11(13,14)10(17)18-9-4-6-2-1-3-15-7(6)5-8(9)16/h1-5,16H. The minimum absolute atomic E-state index is 0.377. The normalized spacial score (nSPS) is 11.5. The summed E-state index contributed by atoms with van der Waals surface area (Å²) in [7, 11) is 0. The van der Waals surface area contributed by atoms with Gasteiger partial charge < -0.3 is 9.84 Å². The molecule has 1 aromatic carbocycles. The van der Waals surface area contributed by atoms with Gasteiger partial charge in [0.05, 0.1) is 5.52 Å². The molecule has 0 radical (unpaired) electrons. The summed E-state index contributed by atoms with van der Waals surface area (Å²) in [5, 5.41) is 9.88. The van der Waals surface area contributed by atoms with E-state index in [-0.39, 0.29) is 0 Å². The number of fused-ring (bicyclic) bond motifs is 1. The molecule has 0 saturated carbocycles. The first-order valence-corrected chi connectivity index (χ1v) is 4.74. The van der Waals surface area contributed by atoms with Gasteiger partial charge in [-0.3, -0.25) is 4.98 Å². The van der Waals surface area contributed by atoms with Gasteiger partial charge in [0, 0.05) is 17.6 Å². The van der Waals surface area contributed by atoms with E-state index in [0.29, 0.717) is 10.9 Å². The lowest BCUT2D eigenvalue weighted by molar-refractivity contribution is -0.189. The predicted octanol–water partition coefficient (Wildman–Crippen LogP) is 2.41. The Balaban J connectivity index is 2.40.